The van der Waals surface area contributed by atoms with Crippen LogP contribution in [0.3, 0.4) is 0 Å². The van der Waals surface area contributed by atoms with Gasteiger partial charge in [-0.05, 0) is 49.4 Å². The summed E-state index contributed by atoms with van der Waals surface area (Å²) in [5.74, 6) is -0.281. The Hall–Kier alpha value is -2.80. The van der Waals surface area contributed by atoms with Crippen molar-refractivity contribution in [2.75, 3.05) is 5.32 Å². The number of furan rings is 1. The fraction of sp³-hybridized carbons (Fsp3) is 0.143. The molecule has 1 atom stereocenters. The first-order chi connectivity index (χ1) is 13.8. The third-order valence-electron chi connectivity index (χ3n) is 4.25. The first-order valence-electron chi connectivity index (χ1n) is 8.76. The number of anilines is 1. The molecule has 0 saturated heterocycles. The third-order valence-corrected chi connectivity index (χ3v) is 4.81. The summed E-state index contributed by atoms with van der Waals surface area (Å²) in [6, 6.07) is 14.3. The standard InChI is InChI=1S/C21H18Cl2N2O4/c1-12(20(26)25-18-5-3-2-4-15(18)21(27)28)24-11-14-7-9-19(29-14)16-10-13(22)6-8-17(16)23/h2-10,12,24H,11H2,1H3,(H,25,26)(H,27,28)/t12-/m0/s1. The Balaban J connectivity index is 1.62. The second kappa shape index (κ2) is 9.13. The molecule has 1 aromatic heterocycles. The normalized spacial score (nSPS) is 11.8. The van der Waals surface area contributed by atoms with E-state index < -0.39 is 12.0 Å². The van der Waals surface area contributed by atoms with Gasteiger partial charge in [-0.2, -0.15) is 0 Å². The zero-order chi connectivity index (χ0) is 21.0. The number of hydrogen-bond donors (Lipinski definition) is 3. The van der Waals surface area contributed by atoms with Gasteiger partial charge in [0, 0.05) is 10.6 Å². The number of amides is 1. The Morgan fingerprint density at radius 3 is 2.62 bits per heavy atom. The zero-order valence-electron chi connectivity index (χ0n) is 15.4. The average molecular weight is 433 g/mol. The maximum Gasteiger partial charge on any atom is 0.337 e. The fourth-order valence-corrected chi connectivity index (χ4v) is 3.05. The minimum Gasteiger partial charge on any atom is -0.478 e. The van der Waals surface area contributed by atoms with Crippen LogP contribution < -0.4 is 10.6 Å². The van der Waals surface area contributed by atoms with E-state index in [2.05, 4.69) is 10.6 Å². The molecule has 0 radical (unpaired) electrons. The second-order valence-corrected chi connectivity index (χ2v) is 7.18. The monoisotopic (exact) mass is 432 g/mol. The number of carboxylic acids is 1. The highest BCUT2D eigenvalue weighted by Crippen LogP contribution is 2.31. The molecule has 0 aliphatic rings. The topological polar surface area (TPSA) is 91.6 Å². The summed E-state index contributed by atoms with van der Waals surface area (Å²) >= 11 is 12.2. The van der Waals surface area contributed by atoms with E-state index >= 15 is 0 Å². The highest BCUT2D eigenvalue weighted by molar-refractivity contribution is 6.35. The van der Waals surface area contributed by atoms with Gasteiger partial charge in [-0.15, -0.1) is 0 Å². The van der Waals surface area contributed by atoms with Gasteiger partial charge in [0.15, 0.2) is 0 Å². The first-order valence-corrected chi connectivity index (χ1v) is 9.51. The number of benzene rings is 2. The molecule has 29 heavy (non-hydrogen) atoms. The SMILES string of the molecule is C[C@H](NCc1ccc(-c2cc(Cl)ccc2Cl)o1)C(=O)Nc1ccccc1C(=O)O. The molecule has 0 aliphatic carbocycles. The Morgan fingerprint density at radius 1 is 1.10 bits per heavy atom. The largest absolute Gasteiger partial charge is 0.478 e. The summed E-state index contributed by atoms with van der Waals surface area (Å²) < 4.78 is 5.79. The van der Waals surface area contributed by atoms with Crippen molar-refractivity contribution < 1.29 is 19.1 Å². The second-order valence-electron chi connectivity index (χ2n) is 6.33. The maximum atomic E-state index is 12.4. The minimum absolute atomic E-state index is 0.0297. The number of halogens is 2. The third kappa shape index (κ3) is 5.17. The number of para-hydroxylation sites is 1. The number of nitrogens with one attached hydrogen (secondary N) is 2. The predicted octanol–water partition coefficient (Wildman–Crippen LogP) is 5.07. The van der Waals surface area contributed by atoms with Crippen LogP contribution in [0.1, 0.15) is 23.0 Å². The van der Waals surface area contributed by atoms with Gasteiger partial charge in [-0.25, -0.2) is 4.79 Å². The van der Waals surface area contributed by atoms with Crippen LogP contribution in [0.25, 0.3) is 11.3 Å². The average Bonchev–Trinajstić information content (AvgIpc) is 3.17. The molecule has 0 saturated carbocycles. The van der Waals surface area contributed by atoms with Gasteiger partial charge in [-0.1, -0.05) is 35.3 Å². The molecule has 2 aromatic carbocycles. The van der Waals surface area contributed by atoms with Crippen LogP contribution in [0.15, 0.2) is 59.0 Å². The number of carboxylic acid groups (broad SMARTS) is 1. The van der Waals surface area contributed by atoms with Gasteiger partial charge in [-0.3, -0.25) is 10.1 Å². The number of aromatic carboxylic acids is 1. The van der Waals surface area contributed by atoms with Crippen LogP contribution in [-0.2, 0) is 11.3 Å². The van der Waals surface area contributed by atoms with Gasteiger partial charge in [0.1, 0.15) is 11.5 Å². The molecule has 0 aliphatic heterocycles. The van der Waals surface area contributed by atoms with E-state index in [9.17, 15) is 14.7 Å². The van der Waals surface area contributed by atoms with Crippen molar-refractivity contribution in [1.29, 1.82) is 0 Å². The quantitative estimate of drug-likeness (QED) is 0.484. The number of carbonyl (C=O) groups excluding carboxylic acids is 1. The van der Waals surface area contributed by atoms with Crippen LogP contribution >= 0.6 is 23.2 Å². The van der Waals surface area contributed by atoms with E-state index in [-0.39, 0.29) is 17.2 Å². The fourth-order valence-electron chi connectivity index (χ4n) is 2.67. The zero-order valence-corrected chi connectivity index (χ0v) is 16.9. The van der Waals surface area contributed by atoms with Crippen LogP contribution in [0.4, 0.5) is 5.69 Å². The van der Waals surface area contributed by atoms with Crippen LogP contribution in [-0.4, -0.2) is 23.0 Å². The summed E-state index contributed by atoms with van der Waals surface area (Å²) in [5.41, 5.74) is 0.957. The number of rotatable bonds is 7. The highest BCUT2D eigenvalue weighted by atomic mass is 35.5. The van der Waals surface area contributed by atoms with E-state index in [1.54, 1.807) is 55.5 Å². The molecule has 1 heterocycles. The lowest BCUT2D eigenvalue weighted by Crippen LogP contribution is -2.37. The van der Waals surface area contributed by atoms with E-state index in [4.69, 9.17) is 27.6 Å². The van der Waals surface area contributed by atoms with Crippen molar-refractivity contribution in [2.45, 2.75) is 19.5 Å². The molecule has 3 aromatic rings. The molecule has 1 amide bonds. The lowest BCUT2D eigenvalue weighted by atomic mass is 10.1. The smallest absolute Gasteiger partial charge is 0.337 e. The van der Waals surface area contributed by atoms with Crippen molar-refractivity contribution in [3.05, 3.63) is 76.0 Å². The minimum atomic E-state index is -1.11. The van der Waals surface area contributed by atoms with Crippen LogP contribution in [0.2, 0.25) is 10.0 Å². The first kappa shape index (κ1) is 20.9. The van der Waals surface area contributed by atoms with E-state index in [0.29, 0.717) is 33.7 Å². The predicted molar refractivity (Wildman–Crippen MR) is 112 cm³/mol. The van der Waals surface area contributed by atoms with Crippen molar-refractivity contribution in [3.63, 3.8) is 0 Å². The molecular formula is C21H18Cl2N2O4. The van der Waals surface area contributed by atoms with Gasteiger partial charge in [0.25, 0.3) is 0 Å². The van der Waals surface area contributed by atoms with Crippen molar-refractivity contribution >= 4 is 40.8 Å². The van der Waals surface area contributed by atoms with Gasteiger partial charge < -0.3 is 14.8 Å². The van der Waals surface area contributed by atoms with E-state index in [1.165, 1.54) is 6.07 Å². The molecule has 8 heteroatoms. The molecule has 3 N–H and O–H groups in total. The Morgan fingerprint density at radius 2 is 1.86 bits per heavy atom. The lowest BCUT2D eigenvalue weighted by Gasteiger charge is -2.14. The van der Waals surface area contributed by atoms with Gasteiger partial charge in [0.2, 0.25) is 5.91 Å². The lowest BCUT2D eigenvalue weighted by molar-refractivity contribution is -0.117. The molecule has 0 bridgehead atoms. The number of hydrogen-bond acceptors (Lipinski definition) is 4. The van der Waals surface area contributed by atoms with Crippen LogP contribution in [0, 0.1) is 0 Å². The highest BCUT2D eigenvalue weighted by Gasteiger charge is 2.17. The molecule has 0 fully saturated rings. The van der Waals surface area contributed by atoms with Crippen LogP contribution in [0.5, 0.6) is 0 Å². The van der Waals surface area contributed by atoms with E-state index in [1.807, 2.05) is 0 Å². The maximum absolute atomic E-state index is 12.4. The van der Waals surface area contributed by atoms with Crippen molar-refractivity contribution in [2.24, 2.45) is 0 Å². The van der Waals surface area contributed by atoms with Crippen molar-refractivity contribution in [3.8, 4) is 11.3 Å². The van der Waals surface area contributed by atoms with Gasteiger partial charge in [0.05, 0.1) is 28.9 Å². The van der Waals surface area contributed by atoms with E-state index in [0.717, 1.165) is 0 Å². The summed E-state index contributed by atoms with van der Waals surface area (Å²) in [6.45, 7) is 1.98. The Bertz CT molecular complexity index is 1050. The summed E-state index contributed by atoms with van der Waals surface area (Å²) in [4.78, 5) is 23.6. The molecule has 6 nitrogen and oxygen atoms in total. The number of carbonyl (C=O) groups is 2. The molecule has 150 valence electrons. The summed E-state index contributed by atoms with van der Waals surface area (Å²) in [6.07, 6.45) is 0. The Kier molecular flexibility index (Phi) is 6.59. The Labute approximate surface area is 177 Å². The molecule has 3 rings (SSSR count). The molecular weight excluding hydrogens is 415 g/mol. The summed E-state index contributed by atoms with van der Waals surface area (Å²) in [7, 11) is 0. The summed E-state index contributed by atoms with van der Waals surface area (Å²) in [5, 5.41) is 15.9. The molecule has 0 unspecified atom stereocenters. The van der Waals surface area contributed by atoms with Gasteiger partial charge >= 0.3 is 5.97 Å². The molecule has 0 spiro atoms. The van der Waals surface area contributed by atoms with Crippen molar-refractivity contribution in [1.82, 2.24) is 5.32 Å².